The van der Waals surface area contributed by atoms with Gasteiger partial charge in [-0.3, -0.25) is 9.48 Å². The molecule has 1 unspecified atom stereocenters. The van der Waals surface area contributed by atoms with Gasteiger partial charge in [0.15, 0.2) is 0 Å². The van der Waals surface area contributed by atoms with Gasteiger partial charge in [0.2, 0.25) is 5.91 Å². The monoisotopic (exact) mass is 290 g/mol. The number of aromatic nitrogens is 2. The number of nitrogens with zero attached hydrogens (tertiary/aromatic N) is 2. The molecule has 5 nitrogen and oxygen atoms in total. The second kappa shape index (κ2) is 5.95. The van der Waals surface area contributed by atoms with E-state index in [1.165, 1.54) is 12.1 Å². The van der Waals surface area contributed by atoms with Gasteiger partial charge in [-0.1, -0.05) is 6.92 Å². The Bertz CT molecular complexity index is 645. The van der Waals surface area contributed by atoms with E-state index in [2.05, 4.69) is 10.4 Å². The quantitative estimate of drug-likeness (QED) is 0.885. The van der Waals surface area contributed by atoms with Gasteiger partial charge in [-0.25, -0.2) is 4.39 Å². The van der Waals surface area contributed by atoms with Gasteiger partial charge in [-0.2, -0.15) is 5.10 Å². The summed E-state index contributed by atoms with van der Waals surface area (Å²) in [6, 6.07) is 3.78. The first-order valence-corrected chi connectivity index (χ1v) is 6.76. The zero-order valence-corrected chi connectivity index (χ0v) is 12.4. The lowest BCUT2D eigenvalue weighted by molar-refractivity contribution is -0.118. The summed E-state index contributed by atoms with van der Waals surface area (Å²) in [6.07, 6.45) is 2.44. The van der Waals surface area contributed by atoms with Gasteiger partial charge in [0.05, 0.1) is 5.69 Å². The van der Waals surface area contributed by atoms with Crippen LogP contribution in [0, 0.1) is 12.7 Å². The fraction of sp³-hybridized carbons (Fsp3) is 0.333. The van der Waals surface area contributed by atoms with Crippen LogP contribution in [0.3, 0.4) is 0 Å². The first-order chi connectivity index (χ1) is 9.90. The Kier molecular flexibility index (Phi) is 4.26. The molecule has 1 aromatic heterocycles. The summed E-state index contributed by atoms with van der Waals surface area (Å²) >= 11 is 0. The van der Waals surface area contributed by atoms with Gasteiger partial charge in [0.25, 0.3) is 0 Å². The van der Waals surface area contributed by atoms with Crippen molar-refractivity contribution in [3.05, 3.63) is 47.0 Å². The van der Waals surface area contributed by atoms with Crippen LogP contribution in [-0.2, 0) is 18.3 Å². The van der Waals surface area contributed by atoms with Crippen LogP contribution in [0.4, 0.5) is 10.1 Å². The number of benzene rings is 1. The SMILES string of the molecule is CCc1nn(C)cc1C(Nc1cc(C)cc(F)c1)C(N)=O. The second-order valence-corrected chi connectivity index (χ2v) is 5.06. The first kappa shape index (κ1) is 15.0. The molecule has 0 saturated heterocycles. The van der Waals surface area contributed by atoms with E-state index in [0.29, 0.717) is 12.1 Å². The Balaban J connectivity index is 2.37. The molecule has 2 aromatic rings. The third kappa shape index (κ3) is 3.39. The number of amides is 1. The Morgan fingerprint density at radius 3 is 2.76 bits per heavy atom. The Morgan fingerprint density at radius 1 is 1.48 bits per heavy atom. The summed E-state index contributed by atoms with van der Waals surface area (Å²) in [5, 5.41) is 7.30. The molecule has 2 rings (SSSR count). The standard InChI is InChI=1S/C15H19FN4O/c1-4-13-12(8-20(3)19-13)14(15(17)21)18-11-6-9(2)5-10(16)7-11/h5-8,14,18H,4H2,1-3H3,(H2,17,21). The lowest BCUT2D eigenvalue weighted by atomic mass is 10.0. The van der Waals surface area contributed by atoms with Gasteiger partial charge in [-0.05, 0) is 37.1 Å². The molecule has 1 amide bonds. The van der Waals surface area contributed by atoms with Crippen molar-refractivity contribution in [2.24, 2.45) is 12.8 Å². The highest BCUT2D eigenvalue weighted by Gasteiger charge is 2.23. The van der Waals surface area contributed by atoms with Gasteiger partial charge in [-0.15, -0.1) is 0 Å². The molecular formula is C15H19FN4O. The zero-order chi connectivity index (χ0) is 15.6. The van der Waals surface area contributed by atoms with Crippen LogP contribution in [-0.4, -0.2) is 15.7 Å². The molecule has 0 aliphatic rings. The van der Waals surface area contributed by atoms with Crippen LogP contribution in [0.25, 0.3) is 0 Å². The molecular weight excluding hydrogens is 271 g/mol. The van der Waals surface area contributed by atoms with E-state index < -0.39 is 11.9 Å². The van der Waals surface area contributed by atoms with Crippen LogP contribution in [0.1, 0.15) is 29.8 Å². The lowest BCUT2D eigenvalue weighted by Crippen LogP contribution is -2.28. The highest BCUT2D eigenvalue weighted by Crippen LogP contribution is 2.23. The minimum Gasteiger partial charge on any atom is -0.370 e. The summed E-state index contributed by atoms with van der Waals surface area (Å²) < 4.78 is 15.1. The van der Waals surface area contributed by atoms with Crippen molar-refractivity contribution in [2.45, 2.75) is 26.3 Å². The van der Waals surface area contributed by atoms with Gasteiger partial charge >= 0.3 is 0 Å². The molecule has 0 bridgehead atoms. The van der Waals surface area contributed by atoms with E-state index in [1.54, 1.807) is 30.9 Å². The van der Waals surface area contributed by atoms with Crippen molar-refractivity contribution >= 4 is 11.6 Å². The van der Waals surface area contributed by atoms with Crippen molar-refractivity contribution in [3.8, 4) is 0 Å². The average Bonchev–Trinajstić information content (AvgIpc) is 2.75. The summed E-state index contributed by atoms with van der Waals surface area (Å²) in [7, 11) is 1.78. The maximum Gasteiger partial charge on any atom is 0.244 e. The molecule has 112 valence electrons. The molecule has 6 heteroatoms. The van der Waals surface area contributed by atoms with Crippen LogP contribution < -0.4 is 11.1 Å². The maximum atomic E-state index is 13.5. The lowest BCUT2D eigenvalue weighted by Gasteiger charge is -2.17. The number of primary amides is 1. The predicted octanol–water partition coefficient (Wildman–Crippen LogP) is 2.07. The van der Waals surface area contributed by atoms with E-state index in [-0.39, 0.29) is 5.82 Å². The van der Waals surface area contributed by atoms with Crippen LogP contribution in [0.2, 0.25) is 0 Å². The Morgan fingerprint density at radius 2 is 2.19 bits per heavy atom. The topological polar surface area (TPSA) is 72.9 Å². The van der Waals surface area contributed by atoms with Crippen molar-refractivity contribution < 1.29 is 9.18 Å². The molecule has 0 fully saturated rings. The van der Waals surface area contributed by atoms with E-state index in [9.17, 15) is 9.18 Å². The number of hydrogen-bond donors (Lipinski definition) is 2. The van der Waals surface area contributed by atoms with Crippen molar-refractivity contribution in [1.29, 1.82) is 0 Å². The average molecular weight is 290 g/mol. The highest BCUT2D eigenvalue weighted by atomic mass is 19.1. The number of carbonyl (C=O) groups is 1. The fourth-order valence-electron chi connectivity index (χ4n) is 2.36. The van der Waals surface area contributed by atoms with Crippen LogP contribution in [0.5, 0.6) is 0 Å². The number of hydrogen-bond acceptors (Lipinski definition) is 3. The summed E-state index contributed by atoms with van der Waals surface area (Å²) in [5.41, 5.74) is 8.29. The number of halogens is 1. The summed E-state index contributed by atoms with van der Waals surface area (Å²) in [4.78, 5) is 11.8. The molecule has 1 atom stereocenters. The number of rotatable bonds is 5. The Labute approximate surface area is 123 Å². The normalized spacial score (nSPS) is 12.2. The third-order valence-corrected chi connectivity index (χ3v) is 3.22. The molecule has 3 N–H and O–H groups in total. The van der Waals surface area contributed by atoms with Crippen LogP contribution >= 0.6 is 0 Å². The number of carbonyl (C=O) groups excluding carboxylic acids is 1. The van der Waals surface area contributed by atoms with Gasteiger partial charge in [0, 0.05) is 24.5 Å². The maximum absolute atomic E-state index is 13.5. The molecule has 0 aliphatic heterocycles. The van der Waals surface area contributed by atoms with E-state index >= 15 is 0 Å². The Hall–Kier alpha value is -2.37. The number of nitrogens with one attached hydrogen (secondary N) is 1. The van der Waals surface area contributed by atoms with Gasteiger partial charge in [0.1, 0.15) is 11.9 Å². The molecule has 0 radical (unpaired) electrons. The summed E-state index contributed by atoms with van der Waals surface area (Å²) in [6.45, 7) is 3.74. The largest absolute Gasteiger partial charge is 0.370 e. The van der Waals surface area contributed by atoms with Crippen molar-refractivity contribution in [1.82, 2.24) is 9.78 Å². The minimum atomic E-state index is -0.741. The smallest absolute Gasteiger partial charge is 0.244 e. The molecule has 0 spiro atoms. The molecule has 0 aliphatic carbocycles. The van der Waals surface area contributed by atoms with E-state index in [1.807, 2.05) is 6.92 Å². The molecule has 1 heterocycles. The summed E-state index contributed by atoms with van der Waals surface area (Å²) in [5.74, 6) is -0.887. The molecule has 1 aromatic carbocycles. The number of anilines is 1. The minimum absolute atomic E-state index is 0.359. The van der Waals surface area contributed by atoms with Crippen molar-refractivity contribution in [2.75, 3.05) is 5.32 Å². The fourth-order valence-corrected chi connectivity index (χ4v) is 2.36. The predicted molar refractivity (Wildman–Crippen MR) is 79.3 cm³/mol. The van der Waals surface area contributed by atoms with Crippen LogP contribution in [0.15, 0.2) is 24.4 Å². The zero-order valence-electron chi connectivity index (χ0n) is 12.4. The van der Waals surface area contributed by atoms with E-state index in [4.69, 9.17) is 5.73 Å². The highest BCUT2D eigenvalue weighted by molar-refractivity contribution is 5.84. The first-order valence-electron chi connectivity index (χ1n) is 6.76. The van der Waals surface area contributed by atoms with Gasteiger partial charge < -0.3 is 11.1 Å². The number of nitrogens with two attached hydrogens (primary N) is 1. The molecule has 21 heavy (non-hydrogen) atoms. The number of aryl methyl sites for hydroxylation is 3. The third-order valence-electron chi connectivity index (χ3n) is 3.22. The van der Waals surface area contributed by atoms with Crippen molar-refractivity contribution in [3.63, 3.8) is 0 Å². The molecule has 0 saturated carbocycles. The second-order valence-electron chi connectivity index (χ2n) is 5.06. The van der Waals surface area contributed by atoms with E-state index in [0.717, 1.165) is 16.8 Å².